The molecule has 0 aliphatic carbocycles. The molecule has 1 atom stereocenters. The van der Waals surface area contributed by atoms with Crippen LogP contribution in [-0.2, 0) is 17.8 Å². The second-order valence-corrected chi connectivity index (χ2v) is 7.38. The minimum atomic E-state index is -0.259. The molecule has 0 saturated carbocycles. The van der Waals surface area contributed by atoms with Gasteiger partial charge < -0.3 is 10.6 Å². The average molecular weight is 349 g/mol. The molecule has 116 valence electrons. The van der Waals surface area contributed by atoms with Crippen molar-refractivity contribution in [2.24, 2.45) is 0 Å². The van der Waals surface area contributed by atoms with Gasteiger partial charge in [-0.3, -0.25) is 4.79 Å². The number of anilines is 1. The Bertz CT molecular complexity index is 524. The maximum absolute atomic E-state index is 14.4. The lowest BCUT2D eigenvalue weighted by Gasteiger charge is -2.22. The third kappa shape index (κ3) is 3.86. The second kappa shape index (κ2) is 7.72. The maximum atomic E-state index is 14.4. The van der Waals surface area contributed by atoms with E-state index in [4.69, 9.17) is 0 Å². The molecule has 0 aromatic heterocycles. The van der Waals surface area contributed by atoms with E-state index < -0.39 is 0 Å². The van der Waals surface area contributed by atoms with Crippen LogP contribution in [0.3, 0.4) is 0 Å². The van der Waals surface area contributed by atoms with Crippen molar-refractivity contribution < 1.29 is 9.18 Å². The van der Waals surface area contributed by atoms with Gasteiger partial charge >= 0.3 is 0 Å². The predicted octanol–water partition coefficient (Wildman–Crippen LogP) is 2.68. The van der Waals surface area contributed by atoms with Crippen molar-refractivity contribution in [3.8, 4) is 0 Å². The fraction of sp³-hybridized carbons (Fsp3) is 0.500. The van der Waals surface area contributed by atoms with Gasteiger partial charge in [0.15, 0.2) is 0 Å². The van der Waals surface area contributed by atoms with Crippen LogP contribution in [0.25, 0.3) is 0 Å². The Kier molecular flexibility index (Phi) is 6.22. The first-order valence-corrected chi connectivity index (χ1v) is 8.97. The number of thioether (sulfide) groups is 2. The molecule has 0 bridgehead atoms. The third-order valence-electron chi connectivity index (χ3n) is 3.57. The number of benzene rings is 1. The van der Waals surface area contributed by atoms with Crippen LogP contribution in [0.5, 0.6) is 0 Å². The van der Waals surface area contributed by atoms with Crippen LogP contribution in [-0.4, -0.2) is 35.0 Å². The number of hydrogen-bond donors (Lipinski definition) is 2. The molecular weight excluding hydrogens is 331 g/mol. The molecule has 1 fully saturated rings. The van der Waals surface area contributed by atoms with Gasteiger partial charge in [0.1, 0.15) is 5.82 Å². The summed E-state index contributed by atoms with van der Waals surface area (Å²) in [6, 6.07) is 3.59. The summed E-state index contributed by atoms with van der Waals surface area (Å²) in [4.78, 5) is 12.2. The first-order chi connectivity index (χ1) is 9.75. The lowest BCUT2D eigenvalue weighted by Crippen LogP contribution is -2.31. The van der Waals surface area contributed by atoms with E-state index in [-0.39, 0.29) is 29.4 Å². The summed E-state index contributed by atoms with van der Waals surface area (Å²) in [6.07, 6.45) is 0.679. The summed E-state index contributed by atoms with van der Waals surface area (Å²) in [5.41, 5.74) is 2.06. The molecule has 7 heteroatoms. The van der Waals surface area contributed by atoms with Gasteiger partial charge in [0.05, 0.1) is 10.9 Å². The van der Waals surface area contributed by atoms with E-state index in [0.717, 1.165) is 34.9 Å². The number of amides is 1. The van der Waals surface area contributed by atoms with Gasteiger partial charge in [-0.2, -0.15) is 11.8 Å². The van der Waals surface area contributed by atoms with Crippen LogP contribution >= 0.6 is 35.9 Å². The lowest BCUT2D eigenvalue weighted by molar-refractivity contribution is -0.115. The molecule has 2 heterocycles. The number of carbonyl (C=O) groups excluding carboxylic acids is 1. The molecule has 21 heavy (non-hydrogen) atoms. The van der Waals surface area contributed by atoms with Gasteiger partial charge in [0.25, 0.3) is 0 Å². The molecule has 0 radical (unpaired) electrons. The van der Waals surface area contributed by atoms with E-state index in [1.165, 1.54) is 0 Å². The zero-order valence-corrected chi connectivity index (χ0v) is 13.9. The zero-order chi connectivity index (χ0) is 13.9. The van der Waals surface area contributed by atoms with Gasteiger partial charge in [-0.1, -0.05) is 6.07 Å². The smallest absolute Gasteiger partial charge is 0.238 e. The van der Waals surface area contributed by atoms with E-state index in [9.17, 15) is 9.18 Å². The predicted molar refractivity (Wildman–Crippen MR) is 91.3 cm³/mol. The van der Waals surface area contributed by atoms with E-state index in [0.29, 0.717) is 18.7 Å². The van der Waals surface area contributed by atoms with Crippen LogP contribution in [0, 0.1) is 5.82 Å². The standard InChI is InChI=1S/C14H17FN2OS2.ClH/c15-13-10-3-4-16-7-9(10)1-2-11(13)17-14(18)12-8-19-5-6-20-12;/h1-2,12,16H,3-8H2,(H,17,18);1H. The summed E-state index contributed by atoms with van der Waals surface area (Å²) in [6.45, 7) is 1.49. The van der Waals surface area contributed by atoms with Gasteiger partial charge in [-0.25, -0.2) is 4.39 Å². The monoisotopic (exact) mass is 348 g/mol. The maximum Gasteiger partial charge on any atom is 0.238 e. The minimum absolute atomic E-state index is 0. The van der Waals surface area contributed by atoms with E-state index in [1.807, 2.05) is 6.07 Å². The number of rotatable bonds is 2. The number of hydrogen-bond acceptors (Lipinski definition) is 4. The number of carbonyl (C=O) groups is 1. The topological polar surface area (TPSA) is 41.1 Å². The van der Waals surface area contributed by atoms with Crippen LogP contribution in [0.2, 0.25) is 0 Å². The molecule has 0 spiro atoms. The highest BCUT2D eigenvalue weighted by molar-refractivity contribution is 8.07. The van der Waals surface area contributed by atoms with Crippen molar-refractivity contribution in [2.75, 3.05) is 29.1 Å². The number of halogens is 2. The molecular formula is C14H18ClFN2OS2. The molecule has 3 rings (SSSR count). The van der Waals surface area contributed by atoms with Crippen LogP contribution in [0.15, 0.2) is 12.1 Å². The summed E-state index contributed by atoms with van der Waals surface area (Å²) in [7, 11) is 0. The van der Waals surface area contributed by atoms with Crippen molar-refractivity contribution in [3.63, 3.8) is 0 Å². The van der Waals surface area contributed by atoms with E-state index in [2.05, 4.69) is 10.6 Å². The molecule has 2 aliphatic rings. The zero-order valence-electron chi connectivity index (χ0n) is 11.5. The fourth-order valence-electron chi connectivity index (χ4n) is 2.48. The SMILES string of the molecule is Cl.O=C(Nc1ccc2c(c1F)CCNC2)C1CSCCS1. The Hall–Kier alpha value is -0.430. The van der Waals surface area contributed by atoms with Crippen molar-refractivity contribution in [1.29, 1.82) is 0 Å². The van der Waals surface area contributed by atoms with Gasteiger partial charge in [0, 0.05) is 23.8 Å². The molecule has 1 aromatic rings. The first-order valence-electron chi connectivity index (χ1n) is 6.77. The highest BCUT2D eigenvalue weighted by Gasteiger charge is 2.24. The van der Waals surface area contributed by atoms with Crippen molar-refractivity contribution in [1.82, 2.24) is 5.32 Å². The normalized spacial score (nSPS) is 21.1. The molecule has 3 nitrogen and oxygen atoms in total. The molecule has 1 aromatic carbocycles. The van der Waals surface area contributed by atoms with Crippen LogP contribution in [0.1, 0.15) is 11.1 Å². The molecule has 2 aliphatic heterocycles. The third-order valence-corrected chi connectivity index (χ3v) is 6.33. The largest absolute Gasteiger partial charge is 0.323 e. The summed E-state index contributed by atoms with van der Waals surface area (Å²) < 4.78 is 14.4. The lowest BCUT2D eigenvalue weighted by atomic mass is 9.99. The summed E-state index contributed by atoms with van der Waals surface area (Å²) >= 11 is 3.45. The highest BCUT2D eigenvalue weighted by atomic mass is 35.5. The second-order valence-electron chi connectivity index (χ2n) is 4.92. The Morgan fingerprint density at radius 3 is 3.00 bits per heavy atom. The Morgan fingerprint density at radius 2 is 2.24 bits per heavy atom. The van der Waals surface area contributed by atoms with Gasteiger partial charge in [-0.15, -0.1) is 24.2 Å². The Labute approximate surface area is 138 Å². The van der Waals surface area contributed by atoms with Gasteiger partial charge in [0.2, 0.25) is 5.91 Å². The summed E-state index contributed by atoms with van der Waals surface area (Å²) in [5.74, 6) is 2.56. The highest BCUT2D eigenvalue weighted by Crippen LogP contribution is 2.28. The van der Waals surface area contributed by atoms with Crippen molar-refractivity contribution >= 4 is 47.5 Å². The van der Waals surface area contributed by atoms with E-state index >= 15 is 0 Å². The van der Waals surface area contributed by atoms with Gasteiger partial charge in [-0.05, 0) is 30.2 Å². The van der Waals surface area contributed by atoms with Crippen LogP contribution in [0.4, 0.5) is 10.1 Å². The molecule has 1 amide bonds. The van der Waals surface area contributed by atoms with Crippen LogP contribution < -0.4 is 10.6 Å². The molecule has 1 unspecified atom stereocenters. The average Bonchev–Trinajstić information content (AvgIpc) is 2.51. The molecule has 1 saturated heterocycles. The van der Waals surface area contributed by atoms with Crippen molar-refractivity contribution in [3.05, 3.63) is 29.1 Å². The Balaban J connectivity index is 0.00000161. The van der Waals surface area contributed by atoms with Crippen molar-refractivity contribution in [2.45, 2.75) is 18.2 Å². The number of nitrogens with one attached hydrogen (secondary N) is 2. The molecule has 2 N–H and O–H groups in total. The Morgan fingerprint density at radius 1 is 1.38 bits per heavy atom. The summed E-state index contributed by atoms with van der Waals surface area (Å²) in [5, 5.41) is 5.92. The fourth-order valence-corrected chi connectivity index (χ4v) is 5.04. The number of fused-ring (bicyclic) bond motifs is 1. The first kappa shape index (κ1) is 16.9. The minimum Gasteiger partial charge on any atom is -0.323 e. The quantitative estimate of drug-likeness (QED) is 0.862. The van der Waals surface area contributed by atoms with E-state index in [1.54, 1.807) is 29.6 Å².